The maximum Gasteiger partial charge on any atom is 0.119 e. The lowest BCUT2D eigenvalue weighted by Crippen LogP contribution is -2.24. The van der Waals surface area contributed by atoms with Crippen molar-refractivity contribution in [3.63, 3.8) is 0 Å². The Bertz CT molecular complexity index is 360. The van der Waals surface area contributed by atoms with Crippen molar-refractivity contribution >= 4 is 12.4 Å². The van der Waals surface area contributed by atoms with E-state index in [4.69, 9.17) is 4.74 Å². The first-order valence-corrected chi connectivity index (χ1v) is 8.03. The lowest BCUT2D eigenvalue weighted by atomic mass is 10.1. The standard InChI is InChI=1S/C18H29NO.ClH/c1-15(19(2)3)8-9-16-10-12-18(13-11-16)20-14-17-6-4-5-7-17;/h10-13,15,17H,4-9,14H2,1-3H3;1H. The molecule has 1 fully saturated rings. The van der Waals surface area contributed by atoms with Gasteiger partial charge in [-0.2, -0.15) is 0 Å². The van der Waals surface area contributed by atoms with Gasteiger partial charge < -0.3 is 9.64 Å². The van der Waals surface area contributed by atoms with Crippen molar-refractivity contribution in [1.29, 1.82) is 0 Å². The van der Waals surface area contributed by atoms with Gasteiger partial charge in [-0.25, -0.2) is 0 Å². The van der Waals surface area contributed by atoms with E-state index in [1.54, 1.807) is 0 Å². The zero-order chi connectivity index (χ0) is 14.4. The van der Waals surface area contributed by atoms with Crippen LogP contribution in [0, 0.1) is 5.92 Å². The molecule has 1 aliphatic carbocycles. The molecule has 0 N–H and O–H groups in total. The Hall–Kier alpha value is -0.730. The van der Waals surface area contributed by atoms with E-state index in [1.807, 2.05) is 0 Å². The minimum atomic E-state index is 0. The summed E-state index contributed by atoms with van der Waals surface area (Å²) in [6, 6.07) is 9.32. The molecule has 1 aromatic carbocycles. The molecule has 0 radical (unpaired) electrons. The summed E-state index contributed by atoms with van der Waals surface area (Å²) in [6.07, 6.45) is 7.81. The molecule has 0 saturated heterocycles. The van der Waals surface area contributed by atoms with Gasteiger partial charge >= 0.3 is 0 Å². The Balaban J connectivity index is 0.00000220. The second-order valence-electron chi connectivity index (χ2n) is 6.46. The third kappa shape index (κ3) is 6.27. The van der Waals surface area contributed by atoms with Gasteiger partial charge in [0, 0.05) is 6.04 Å². The summed E-state index contributed by atoms with van der Waals surface area (Å²) in [5.74, 6) is 1.82. The first kappa shape index (κ1) is 18.3. The lowest BCUT2D eigenvalue weighted by Gasteiger charge is -2.19. The van der Waals surface area contributed by atoms with Crippen LogP contribution in [0.5, 0.6) is 5.75 Å². The van der Waals surface area contributed by atoms with Crippen LogP contribution in [0.3, 0.4) is 0 Å². The molecule has 1 aliphatic rings. The molecule has 2 nitrogen and oxygen atoms in total. The summed E-state index contributed by atoms with van der Waals surface area (Å²) < 4.78 is 5.90. The van der Waals surface area contributed by atoms with Gasteiger partial charge in [0.2, 0.25) is 0 Å². The van der Waals surface area contributed by atoms with Gasteiger partial charge in [-0.05, 0) is 70.3 Å². The van der Waals surface area contributed by atoms with Gasteiger partial charge in [0.1, 0.15) is 5.75 Å². The summed E-state index contributed by atoms with van der Waals surface area (Å²) in [5, 5.41) is 0. The van der Waals surface area contributed by atoms with Crippen LogP contribution in [0.15, 0.2) is 24.3 Å². The Morgan fingerprint density at radius 3 is 2.33 bits per heavy atom. The second-order valence-corrected chi connectivity index (χ2v) is 6.46. The molecule has 0 aromatic heterocycles. The van der Waals surface area contributed by atoms with Crippen LogP contribution in [0.25, 0.3) is 0 Å². The number of benzene rings is 1. The highest BCUT2D eigenvalue weighted by molar-refractivity contribution is 5.85. The first-order chi connectivity index (χ1) is 9.65. The van der Waals surface area contributed by atoms with E-state index in [1.165, 1.54) is 37.7 Å². The maximum absolute atomic E-state index is 5.90. The molecular formula is C18H30ClNO. The van der Waals surface area contributed by atoms with E-state index in [0.29, 0.717) is 6.04 Å². The number of nitrogens with zero attached hydrogens (tertiary/aromatic N) is 1. The van der Waals surface area contributed by atoms with E-state index in [9.17, 15) is 0 Å². The number of hydrogen-bond acceptors (Lipinski definition) is 2. The molecule has 120 valence electrons. The van der Waals surface area contributed by atoms with Gasteiger partial charge in [0.25, 0.3) is 0 Å². The van der Waals surface area contributed by atoms with E-state index in [2.05, 4.69) is 50.2 Å². The van der Waals surface area contributed by atoms with Crippen LogP contribution in [0.4, 0.5) is 0 Å². The molecule has 1 saturated carbocycles. The number of halogens is 1. The predicted molar refractivity (Wildman–Crippen MR) is 92.6 cm³/mol. The van der Waals surface area contributed by atoms with Gasteiger partial charge in [0.05, 0.1) is 6.61 Å². The minimum absolute atomic E-state index is 0. The van der Waals surface area contributed by atoms with Crippen LogP contribution in [-0.2, 0) is 6.42 Å². The molecule has 1 unspecified atom stereocenters. The fourth-order valence-corrected chi connectivity index (χ4v) is 2.78. The van der Waals surface area contributed by atoms with Crippen molar-refractivity contribution in [2.75, 3.05) is 20.7 Å². The van der Waals surface area contributed by atoms with Crippen molar-refractivity contribution in [2.45, 2.75) is 51.5 Å². The van der Waals surface area contributed by atoms with Crippen LogP contribution in [0.2, 0.25) is 0 Å². The zero-order valence-electron chi connectivity index (χ0n) is 13.7. The highest BCUT2D eigenvalue weighted by atomic mass is 35.5. The third-order valence-electron chi connectivity index (χ3n) is 4.62. The SMILES string of the molecule is CC(CCc1ccc(OCC2CCCC2)cc1)N(C)C.Cl. The number of hydrogen-bond donors (Lipinski definition) is 0. The van der Waals surface area contributed by atoms with Crippen LogP contribution in [0.1, 0.15) is 44.6 Å². The Morgan fingerprint density at radius 2 is 1.76 bits per heavy atom. The smallest absolute Gasteiger partial charge is 0.119 e. The third-order valence-corrected chi connectivity index (χ3v) is 4.62. The maximum atomic E-state index is 5.90. The van der Waals surface area contributed by atoms with E-state index >= 15 is 0 Å². The fourth-order valence-electron chi connectivity index (χ4n) is 2.78. The van der Waals surface area contributed by atoms with E-state index in [0.717, 1.165) is 24.7 Å². The van der Waals surface area contributed by atoms with E-state index in [-0.39, 0.29) is 12.4 Å². The molecule has 0 bridgehead atoms. The van der Waals surface area contributed by atoms with Gasteiger partial charge in [-0.3, -0.25) is 0 Å². The monoisotopic (exact) mass is 311 g/mol. The number of ether oxygens (including phenoxy) is 1. The average molecular weight is 312 g/mol. The van der Waals surface area contributed by atoms with Crippen LogP contribution in [-0.4, -0.2) is 31.6 Å². The predicted octanol–water partition coefficient (Wildman–Crippen LogP) is 4.56. The summed E-state index contributed by atoms with van der Waals surface area (Å²) >= 11 is 0. The highest BCUT2D eigenvalue weighted by Gasteiger charge is 2.15. The largest absolute Gasteiger partial charge is 0.493 e. The Kier molecular flexibility index (Phi) is 8.13. The van der Waals surface area contributed by atoms with Gasteiger partial charge in [-0.15, -0.1) is 12.4 Å². The summed E-state index contributed by atoms with van der Waals surface area (Å²) in [6.45, 7) is 3.18. The van der Waals surface area contributed by atoms with Crippen molar-refractivity contribution < 1.29 is 4.74 Å². The first-order valence-electron chi connectivity index (χ1n) is 8.03. The second kappa shape index (κ2) is 9.32. The van der Waals surface area contributed by atoms with Gasteiger partial charge in [0.15, 0.2) is 0 Å². The van der Waals surface area contributed by atoms with Crippen LogP contribution < -0.4 is 4.74 Å². The molecule has 1 atom stereocenters. The number of aryl methyl sites for hydroxylation is 1. The van der Waals surface area contributed by atoms with Crippen molar-refractivity contribution in [1.82, 2.24) is 4.90 Å². The van der Waals surface area contributed by atoms with Crippen molar-refractivity contribution in [3.05, 3.63) is 29.8 Å². The van der Waals surface area contributed by atoms with Crippen molar-refractivity contribution in [2.24, 2.45) is 5.92 Å². The topological polar surface area (TPSA) is 12.5 Å². The molecule has 0 aliphatic heterocycles. The zero-order valence-corrected chi connectivity index (χ0v) is 14.5. The number of rotatable bonds is 7. The van der Waals surface area contributed by atoms with Crippen molar-refractivity contribution in [3.8, 4) is 5.75 Å². The minimum Gasteiger partial charge on any atom is -0.493 e. The molecular weight excluding hydrogens is 282 g/mol. The highest BCUT2D eigenvalue weighted by Crippen LogP contribution is 2.25. The molecule has 0 spiro atoms. The lowest BCUT2D eigenvalue weighted by molar-refractivity contribution is 0.252. The quantitative estimate of drug-likeness (QED) is 0.732. The summed E-state index contributed by atoms with van der Waals surface area (Å²) in [4.78, 5) is 2.28. The Labute approximate surface area is 136 Å². The normalized spacial score (nSPS) is 16.8. The van der Waals surface area contributed by atoms with Crippen LogP contribution >= 0.6 is 12.4 Å². The van der Waals surface area contributed by atoms with Gasteiger partial charge in [-0.1, -0.05) is 25.0 Å². The molecule has 21 heavy (non-hydrogen) atoms. The molecule has 0 heterocycles. The Morgan fingerprint density at radius 1 is 1.14 bits per heavy atom. The molecule has 1 aromatic rings. The van der Waals surface area contributed by atoms with E-state index < -0.39 is 0 Å². The molecule has 3 heteroatoms. The fraction of sp³-hybridized carbons (Fsp3) is 0.667. The summed E-state index contributed by atoms with van der Waals surface area (Å²) in [5.41, 5.74) is 1.41. The molecule has 0 amide bonds. The molecule has 2 rings (SSSR count). The average Bonchev–Trinajstić information content (AvgIpc) is 2.96. The summed E-state index contributed by atoms with van der Waals surface area (Å²) in [7, 11) is 4.29.